The van der Waals surface area contributed by atoms with Crippen LogP contribution in [-0.2, 0) is 20.1 Å². The topological polar surface area (TPSA) is 47.7 Å². The molecule has 0 saturated heterocycles. The summed E-state index contributed by atoms with van der Waals surface area (Å²) in [5.41, 5.74) is 3.49. The normalized spacial score (nSPS) is 10.9. The molecule has 0 fully saturated rings. The Morgan fingerprint density at radius 1 is 1.38 bits per heavy atom. The Bertz CT molecular complexity index is 468. The van der Waals surface area contributed by atoms with Crippen LogP contribution in [0.15, 0.2) is 18.6 Å². The van der Waals surface area contributed by atoms with Crippen molar-refractivity contribution in [3.05, 3.63) is 35.4 Å². The van der Waals surface area contributed by atoms with Gasteiger partial charge in [-0.25, -0.2) is 0 Å². The Morgan fingerprint density at radius 2 is 2.19 bits per heavy atom. The third-order valence-electron chi connectivity index (χ3n) is 2.52. The average Bonchev–Trinajstić information content (AvgIpc) is 2.76. The second-order valence-electron chi connectivity index (χ2n) is 3.99. The molecule has 2 aromatic rings. The summed E-state index contributed by atoms with van der Waals surface area (Å²) in [6, 6.07) is 0. The van der Waals surface area contributed by atoms with Gasteiger partial charge < -0.3 is 5.32 Å². The van der Waals surface area contributed by atoms with Crippen molar-refractivity contribution in [1.29, 1.82) is 0 Å². The van der Waals surface area contributed by atoms with Crippen LogP contribution in [-0.4, -0.2) is 26.6 Å². The molecule has 0 aromatic carbocycles. The SMILES string of the molecule is CNCc1cn(Cc2cnn(C)c2)nc1C. The zero-order valence-corrected chi connectivity index (χ0v) is 9.94. The fourth-order valence-electron chi connectivity index (χ4n) is 1.74. The lowest BCUT2D eigenvalue weighted by Gasteiger charge is -1.96. The highest BCUT2D eigenvalue weighted by molar-refractivity contribution is 5.16. The van der Waals surface area contributed by atoms with Crippen LogP contribution in [0.3, 0.4) is 0 Å². The van der Waals surface area contributed by atoms with E-state index in [1.165, 1.54) is 11.1 Å². The van der Waals surface area contributed by atoms with Crippen LogP contribution in [0.2, 0.25) is 0 Å². The minimum Gasteiger partial charge on any atom is -0.316 e. The van der Waals surface area contributed by atoms with Gasteiger partial charge in [-0.1, -0.05) is 0 Å². The highest BCUT2D eigenvalue weighted by Gasteiger charge is 2.05. The standard InChI is InChI=1S/C11H17N5/c1-9-11(5-12-2)8-16(14-9)7-10-4-13-15(3)6-10/h4,6,8,12H,5,7H2,1-3H3. The van der Waals surface area contributed by atoms with E-state index in [4.69, 9.17) is 0 Å². The van der Waals surface area contributed by atoms with E-state index in [2.05, 4.69) is 21.7 Å². The van der Waals surface area contributed by atoms with E-state index in [0.717, 1.165) is 18.8 Å². The van der Waals surface area contributed by atoms with Gasteiger partial charge in [0, 0.05) is 37.1 Å². The third-order valence-corrected chi connectivity index (χ3v) is 2.52. The Morgan fingerprint density at radius 3 is 2.81 bits per heavy atom. The van der Waals surface area contributed by atoms with Crippen molar-refractivity contribution in [1.82, 2.24) is 24.9 Å². The molecule has 2 aromatic heterocycles. The van der Waals surface area contributed by atoms with Crippen molar-refractivity contribution in [2.75, 3.05) is 7.05 Å². The summed E-state index contributed by atoms with van der Waals surface area (Å²) < 4.78 is 3.76. The summed E-state index contributed by atoms with van der Waals surface area (Å²) in [4.78, 5) is 0. The Kier molecular flexibility index (Phi) is 3.05. The molecule has 0 unspecified atom stereocenters. The first kappa shape index (κ1) is 10.9. The van der Waals surface area contributed by atoms with Crippen LogP contribution in [0.25, 0.3) is 0 Å². The number of nitrogens with one attached hydrogen (secondary N) is 1. The number of hydrogen-bond donors (Lipinski definition) is 1. The van der Waals surface area contributed by atoms with Crippen LogP contribution >= 0.6 is 0 Å². The summed E-state index contributed by atoms with van der Waals surface area (Å²) in [7, 11) is 3.86. The predicted octanol–water partition coefficient (Wildman–Crippen LogP) is 0.693. The first-order valence-corrected chi connectivity index (χ1v) is 5.34. The van der Waals surface area contributed by atoms with Crippen LogP contribution in [0, 0.1) is 6.92 Å². The zero-order valence-electron chi connectivity index (χ0n) is 9.94. The number of nitrogens with zero attached hydrogens (tertiary/aromatic N) is 4. The van der Waals surface area contributed by atoms with Gasteiger partial charge in [-0.3, -0.25) is 9.36 Å². The highest BCUT2D eigenvalue weighted by Crippen LogP contribution is 2.07. The highest BCUT2D eigenvalue weighted by atomic mass is 15.3. The van der Waals surface area contributed by atoms with Crippen molar-refractivity contribution < 1.29 is 0 Å². The first-order chi connectivity index (χ1) is 7.69. The van der Waals surface area contributed by atoms with E-state index >= 15 is 0 Å². The molecule has 0 bridgehead atoms. The van der Waals surface area contributed by atoms with Crippen LogP contribution < -0.4 is 5.32 Å². The van der Waals surface area contributed by atoms with E-state index in [0.29, 0.717) is 0 Å². The van der Waals surface area contributed by atoms with Crippen LogP contribution in [0.4, 0.5) is 0 Å². The molecule has 86 valence electrons. The predicted molar refractivity (Wildman–Crippen MR) is 62.0 cm³/mol. The monoisotopic (exact) mass is 219 g/mol. The first-order valence-electron chi connectivity index (χ1n) is 5.34. The Balaban J connectivity index is 2.13. The van der Waals surface area contributed by atoms with Gasteiger partial charge in [0.25, 0.3) is 0 Å². The number of aromatic nitrogens is 4. The molecule has 0 aliphatic rings. The fraction of sp³-hybridized carbons (Fsp3) is 0.455. The summed E-state index contributed by atoms with van der Waals surface area (Å²) in [6.45, 7) is 3.67. The van der Waals surface area contributed by atoms with Gasteiger partial charge in [-0.05, 0) is 14.0 Å². The van der Waals surface area contributed by atoms with Crippen LogP contribution in [0.1, 0.15) is 16.8 Å². The summed E-state index contributed by atoms with van der Waals surface area (Å²) >= 11 is 0. The van der Waals surface area contributed by atoms with Gasteiger partial charge in [0.1, 0.15) is 0 Å². The molecular formula is C11H17N5. The molecule has 5 nitrogen and oxygen atoms in total. The summed E-state index contributed by atoms with van der Waals surface area (Å²) in [5, 5.41) is 11.8. The van der Waals surface area contributed by atoms with E-state index < -0.39 is 0 Å². The Hall–Kier alpha value is -1.62. The molecule has 0 saturated carbocycles. The van der Waals surface area contributed by atoms with Gasteiger partial charge >= 0.3 is 0 Å². The summed E-state index contributed by atoms with van der Waals surface area (Å²) in [6.07, 6.45) is 5.96. The lowest BCUT2D eigenvalue weighted by atomic mass is 10.3. The second kappa shape index (κ2) is 4.49. The van der Waals surface area contributed by atoms with Crippen molar-refractivity contribution >= 4 is 0 Å². The largest absolute Gasteiger partial charge is 0.316 e. The van der Waals surface area contributed by atoms with Gasteiger partial charge in [0.2, 0.25) is 0 Å². The fourth-order valence-corrected chi connectivity index (χ4v) is 1.74. The molecule has 0 aliphatic carbocycles. The average molecular weight is 219 g/mol. The van der Waals surface area contributed by atoms with Gasteiger partial charge in [-0.15, -0.1) is 0 Å². The smallest absolute Gasteiger partial charge is 0.0690 e. The van der Waals surface area contributed by atoms with E-state index in [1.807, 2.05) is 38.1 Å². The maximum atomic E-state index is 4.47. The molecule has 2 rings (SSSR count). The van der Waals surface area contributed by atoms with Crippen molar-refractivity contribution in [2.45, 2.75) is 20.0 Å². The molecule has 0 aliphatic heterocycles. The zero-order chi connectivity index (χ0) is 11.5. The number of rotatable bonds is 4. The molecule has 0 spiro atoms. The van der Waals surface area contributed by atoms with Crippen molar-refractivity contribution in [2.24, 2.45) is 7.05 Å². The van der Waals surface area contributed by atoms with Gasteiger partial charge in [0.15, 0.2) is 0 Å². The molecular weight excluding hydrogens is 202 g/mol. The number of hydrogen-bond acceptors (Lipinski definition) is 3. The molecule has 2 heterocycles. The van der Waals surface area contributed by atoms with E-state index in [9.17, 15) is 0 Å². The minimum absolute atomic E-state index is 0.776. The maximum Gasteiger partial charge on any atom is 0.0690 e. The molecule has 5 heteroatoms. The van der Waals surface area contributed by atoms with E-state index in [-0.39, 0.29) is 0 Å². The van der Waals surface area contributed by atoms with E-state index in [1.54, 1.807) is 4.68 Å². The molecule has 0 amide bonds. The molecule has 0 radical (unpaired) electrons. The number of aryl methyl sites for hydroxylation is 2. The summed E-state index contributed by atoms with van der Waals surface area (Å²) in [5.74, 6) is 0. The second-order valence-corrected chi connectivity index (χ2v) is 3.99. The van der Waals surface area contributed by atoms with Crippen LogP contribution in [0.5, 0.6) is 0 Å². The van der Waals surface area contributed by atoms with Gasteiger partial charge in [0.05, 0.1) is 18.4 Å². The lowest BCUT2D eigenvalue weighted by Crippen LogP contribution is -2.05. The third kappa shape index (κ3) is 2.30. The maximum absolute atomic E-state index is 4.47. The Labute approximate surface area is 95.1 Å². The molecule has 0 atom stereocenters. The van der Waals surface area contributed by atoms with Crippen molar-refractivity contribution in [3.8, 4) is 0 Å². The van der Waals surface area contributed by atoms with Crippen molar-refractivity contribution in [3.63, 3.8) is 0 Å². The molecule has 16 heavy (non-hydrogen) atoms. The van der Waals surface area contributed by atoms with Gasteiger partial charge in [-0.2, -0.15) is 10.2 Å². The lowest BCUT2D eigenvalue weighted by molar-refractivity contribution is 0.677. The quantitative estimate of drug-likeness (QED) is 0.823. The minimum atomic E-state index is 0.776. The molecule has 1 N–H and O–H groups in total.